The minimum atomic E-state index is -0.466. The van der Waals surface area contributed by atoms with Crippen molar-refractivity contribution in [1.29, 1.82) is 0 Å². The molecule has 0 spiro atoms. The van der Waals surface area contributed by atoms with E-state index in [9.17, 15) is 9.59 Å². The molecule has 0 fully saturated rings. The second kappa shape index (κ2) is 10.2. The van der Waals surface area contributed by atoms with E-state index >= 15 is 0 Å². The first kappa shape index (κ1) is 23.7. The van der Waals surface area contributed by atoms with Crippen LogP contribution in [-0.2, 0) is 0 Å². The van der Waals surface area contributed by atoms with Crippen LogP contribution in [0.25, 0.3) is 11.3 Å². The summed E-state index contributed by atoms with van der Waals surface area (Å²) < 4.78 is 11.1. The Morgan fingerprint density at radius 2 is 1.62 bits per heavy atom. The van der Waals surface area contributed by atoms with Crippen LogP contribution in [0.2, 0.25) is 15.1 Å². The Balaban J connectivity index is 1.49. The van der Waals surface area contributed by atoms with E-state index in [0.717, 1.165) is 0 Å². The highest BCUT2D eigenvalue weighted by Gasteiger charge is 2.17. The Morgan fingerprint density at radius 3 is 2.35 bits per heavy atom. The number of halogens is 3. The largest absolute Gasteiger partial charge is 0.494 e. The van der Waals surface area contributed by atoms with E-state index in [4.69, 9.17) is 44.0 Å². The molecule has 0 aliphatic carbocycles. The van der Waals surface area contributed by atoms with Crippen LogP contribution in [0.15, 0.2) is 77.2 Å². The first-order chi connectivity index (χ1) is 16.4. The van der Waals surface area contributed by atoms with Crippen molar-refractivity contribution in [3.63, 3.8) is 0 Å². The summed E-state index contributed by atoms with van der Waals surface area (Å²) in [5.74, 6) is 0.0281. The van der Waals surface area contributed by atoms with Gasteiger partial charge in [-0.05, 0) is 54.6 Å². The minimum absolute atomic E-state index is 0.0936. The molecule has 2 amide bonds. The summed E-state index contributed by atoms with van der Waals surface area (Å²) in [6, 6.07) is 19.7. The third kappa shape index (κ3) is 5.20. The van der Waals surface area contributed by atoms with Gasteiger partial charge in [0.25, 0.3) is 11.8 Å². The van der Waals surface area contributed by atoms with E-state index < -0.39 is 5.91 Å². The van der Waals surface area contributed by atoms with Gasteiger partial charge in [-0.3, -0.25) is 9.59 Å². The third-order valence-electron chi connectivity index (χ3n) is 4.85. The smallest absolute Gasteiger partial charge is 0.291 e. The van der Waals surface area contributed by atoms with Crippen LogP contribution < -0.4 is 15.4 Å². The Labute approximate surface area is 210 Å². The zero-order valence-corrected chi connectivity index (χ0v) is 20.0. The molecule has 0 bridgehead atoms. The molecule has 2 N–H and O–H groups in total. The summed E-state index contributed by atoms with van der Waals surface area (Å²) in [7, 11) is 1.46. The second-order valence-electron chi connectivity index (χ2n) is 7.09. The number of carbonyl (C=O) groups is 2. The zero-order valence-electron chi connectivity index (χ0n) is 17.7. The molecule has 0 atom stereocenters. The van der Waals surface area contributed by atoms with Crippen LogP contribution in [0.1, 0.15) is 20.9 Å². The van der Waals surface area contributed by atoms with Crippen LogP contribution >= 0.6 is 34.8 Å². The third-order valence-corrected chi connectivity index (χ3v) is 5.73. The molecule has 0 aliphatic rings. The Morgan fingerprint density at radius 1 is 0.824 bits per heavy atom. The van der Waals surface area contributed by atoms with Crippen molar-refractivity contribution in [2.75, 3.05) is 17.7 Å². The van der Waals surface area contributed by atoms with E-state index in [1.54, 1.807) is 72.8 Å². The first-order valence-corrected chi connectivity index (χ1v) is 11.1. The number of carbonyl (C=O) groups excluding carboxylic acids is 2. The molecule has 4 aromatic rings. The molecule has 1 heterocycles. The van der Waals surface area contributed by atoms with Gasteiger partial charge in [-0.15, -0.1) is 0 Å². The number of amides is 2. The average Bonchev–Trinajstić information content (AvgIpc) is 3.30. The van der Waals surface area contributed by atoms with Gasteiger partial charge in [-0.2, -0.15) is 0 Å². The Hall–Kier alpha value is -3.45. The number of rotatable bonds is 6. The van der Waals surface area contributed by atoms with Gasteiger partial charge in [0, 0.05) is 22.3 Å². The quantitative estimate of drug-likeness (QED) is 0.280. The number of hydrogen-bond acceptors (Lipinski definition) is 4. The van der Waals surface area contributed by atoms with Gasteiger partial charge in [0.05, 0.1) is 28.4 Å². The molecule has 34 heavy (non-hydrogen) atoms. The van der Waals surface area contributed by atoms with Gasteiger partial charge in [0.15, 0.2) is 5.76 Å². The highest BCUT2D eigenvalue weighted by atomic mass is 35.5. The predicted octanol–water partition coefficient (Wildman–Crippen LogP) is 7.42. The number of benzene rings is 3. The van der Waals surface area contributed by atoms with Gasteiger partial charge in [0.1, 0.15) is 11.5 Å². The lowest BCUT2D eigenvalue weighted by atomic mass is 10.2. The molecule has 6 nitrogen and oxygen atoms in total. The average molecular weight is 516 g/mol. The number of ether oxygens (including phenoxy) is 1. The number of anilines is 2. The molecular weight excluding hydrogens is 499 g/mol. The fourth-order valence-electron chi connectivity index (χ4n) is 3.19. The Bertz CT molecular complexity index is 1380. The lowest BCUT2D eigenvalue weighted by molar-refractivity contribution is 0.0995. The van der Waals surface area contributed by atoms with E-state index in [-0.39, 0.29) is 11.7 Å². The van der Waals surface area contributed by atoms with Crippen LogP contribution in [-0.4, -0.2) is 18.9 Å². The van der Waals surface area contributed by atoms with E-state index in [1.165, 1.54) is 7.11 Å². The molecule has 0 unspecified atom stereocenters. The lowest BCUT2D eigenvalue weighted by Crippen LogP contribution is -2.14. The second-order valence-corrected chi connectivity index (χ2v) is 8.34. The highest BCUT2D eigenvalue weighted by molar-refractivity contribution is 6.36. The summed E-state index contributed by atoms with van der Waals surface area (Å²) in [5, 5.41) is 6.75. The SMILES string of the molecule is COc1cc(NC(=O)c2ccc(-c3ccc(Cl)cc3Cl)o2)ccc1NC(=O)c1ccccc1Cl. The number of nitrogens with one attached hydrogen (secondary N) is 2. The maximum Gasteiger partial charge on any atom is 0.291 e. The van der Waals surface area contributed by atoms with Crippen molar-refractivity contribution in [3.8, 4) is 17.1 Å². The van der Waals surface area contributed by atoms with E-state index in [1.807, 2.05) is 0 Å². The number of hydrogen-bond donors (Lipinski definition) is 2. The van der Waals surface area contributed by atoms with Gasteiger partial charge >= 0.3 is 0 Å². The Kier molecular flexibility index (Phi) is 7.12. The maximum absolute atomic E-state index is 12.7. The fourth-order valence-corrected chi connectivity index (χ4v) is 3.92. The van der Waals surface area contributed by atoms with Crippen LogP contribution in [0.5, 0.6) is 5.75 Å². The molecule has 172 valence electrons. The van der Waals surface area contributed by atoms with Gasteiger partial charge < -0.3 is 19.8 Å². The van der Waals surface area contributed by atoms with Gasteiger partial charge in [-0.25, -0.2) is 0 Å². The summed E-state index contributed by atoms with van der Waals surface area (Å²) in [4.78, 5) is 25.3. The summed E-state index contributed by atoms with van der Waals surface area (Å²) in [6.45, 7) is 0. The minimum Gasteiger partial charge on any atom is -0.494 e. The lowest BCUT2D eigenvalue weighted by Gasteiger charge is -2.13. The van der Waals surface area contributed by atoms with Crippen molar-refractivity contribution in [1.82, 2.24) is 0 Å². The van der Waals surface area contributed by atoms with Crippen molar-refractivity contribution in [2.45, 2.75) is 0 Å². The molecule has 0 saturated heterocycles. The summed E-state index contributed by atoms with van der Waals surface area (Å²) >= 11 is 18.2. The molecule has 0 aliphatic heterocycles. The molecule has 0 radical (unpaired) electrons. The summed E-state index contributed by atoms with van der Waals surface area (Å²) in [5.41, 5.74) is 1.81. The molecular formula is C25H17Cl3N2O4. The molecule has 1 aromatic heterocycles. The monoisotopic (exact) mass is 514 g/mol. The van der Waals surface area contributed by atoms with Crippen molar-refractivity contribution in [3.05, 3.63) is 99.2 Å². The van der Waals surface area contributed by atoms with Crippen LogP contribution in [0, 0.1) is 0 Å². The molecule has 3 aromatic carbocycles. The fraction of sp³-hybridized carbons (Fsp3) is 0.0400. The van der Waals surface area contributed by atoms with Gasteiger partial charge in [0.2, 0.25) is 0 Å². The standard InChI is InChI=1S/C25H17Cl3N2O4/c1-33-23-13-15(7-9-20(23)30-24(31)17-4-2-3-5-18(17)27)29-25(32)22-11-10-21(34-22)16-8-6-14(26)12-19(16)28/h2-13H,1H3,(H,29,32)(H,30,31). The van der Waals surface area contributed by atoms with Crippen molar-refractivity contribution >= 4 is 58.0 Å². The number of furan rings is 1. The predicted molar refractivity (Wildman–Crippen MR) is 135 cm³/mol. The van der Waals surface area contributed by atoms with Crippen molar-refractivity contribution in [2.24, 2.45) is 0 Å². The van der Waals surface area contributed by atoms with Gasteiger partial charge in [-0.1, -0.05) is 46.9 Å². The topological polar surface area (TPSA) is 80.6 Å². The first-order valence-electron chi connectivity index (χ1n) is 9.96. The highest BCUT2D eigenvalue weighted by Crippen LogP contribution is 2.32. The zero-order chi connectivity index (χ0) is 24.2. The summed E-state index contributed by atoms with van der Waals surface area (Å²) in [6.07, 6.45) is 0. The van der Waals surface area contributed by atoms with Crippen LogP contribution in [0.3, 0.4) is 0 Å². The molecule has 9 heteroatoms. The maximum atomic E-state index is 12.7. The van der Waals surface area contributed by atoms with E-state index in [0.29, 0.717) is 49.1 Å². The molecule has 4 rings (SSSR count). The van der Waals surface area contributed by atoms with E-state index in [2.05, 4.69) is 10.6 Å². The van der Waals surface area contributed by atoms with Crippen molar-refractivity contribution < 1.29 is 18.7 Å². The normalized spacial score (nSPS) is 10.6. The number of methoxy groups -OCH3 is 1. The molecule has 0 saturated carbocycles. The van der Waals surface area contributed by atoms with Crippen LogP contribution in [0.4, 0.5) is 11.4 Å².